The van der Waals surface area contributed by atoms with Crippen LogP contribution in [0.4, 0.5) is 13.2 Å². The standard InChI is InChI=1S/C21H16F3NO3/c1-14-18(25-20(28-14)16-7-3-2-4-8-16)13-27-19-10-9-15(6-5-11-26)12-17(19)21(22,23)24/h2-12H,13H2,1H3/b6-5+. The Hall–Kier alpha value is -3.35. The van der Waals surface area contributed by atoms with Crippen LogP contribution >= 0.6 is 0 Å². The number of ether oxygens (including phenoxy) is 1. The Morgan fingerprint density at radius 1 is 1.14 bits per heavy atom. The van der Waals surface area contributed by atoms with Crippen LogP contribution in [-0.2, 0) is 17.6 Å². The van der Waals surface area contributed by atoms with Gasteiger partial charge in [-0.25, -0.2) is 4.98 Å². The van der Waals surface area contributed by atoms with E-state index in [0.717, 1.165) is 17.7 Å². The van der Waals surface area contributed by atoms with Gasteiger partial charge in [0.1, 0.15) is 30.1 Å². The molecular weight excluding hydrogens is 371 g/mol. The summed E-state index contributed by atoms with van der Waals surface area (Å²) in [5, 5.41) is 0. The van der Waals surface area contributed by atoms with Gasteiger partial charge in [-0.2, -0.15) is 13.2 Å². The zero-order valence-corrected chi connectivity index (χ0v) is 14.9. The summed E-state index contributed by atoms with van der Waals surface area (Å²) in [6.45, 7) is 1.50. The number of nitrogens with zero attached hydrogens (tertiary/aromatic N) is 1. The van der Waals surface area contributed by atoms with Crippen LogP contribution in [0.2, 0.25) is 0 Å². The molecule has 144 valence electrons. The van der Waals surface area contributed by atoms with Gasteiger partial charge >= 0.3 is 6.18 Å². The lowest BCUT2D eigenvalue weighted by atomic mass is 10.1. The molecule has 3 rings (SSSR count). The van der Waals surface area contributed by atoms with Crippen molar-refractivity contribution < 1.29 is 27.1 Å². The fraction of sp³-hybridized carbons (Fsp3) is 0.143. The average molecular weight is 387 g/mol. The van der Waals surface area contributed by atoms with Crippen molar-refractivity contribution in [3.8, 4) is 17.2 Å². The molecule has 7 heteroatoms. The first-order valence-electron chi connectivity index (χ1n) is 8.36. The molecule has 0 N–H and O–H groups in total. The van der Waals surface area contributed by atoms with Crippen molar-refractivity contribution >= 4 is 12.4 Å². The lowest BCUT2D eigenvalue weighted by Crippen LogP contribution is -2.09. The molecule has 0 aliphatic rings. The Kier molecular flexibility index (Phi) is 5.63. The molecule has 28 heavy (non-hydrogen) atoms. The van der Waals surface area contributed by atoms with E-state index in [4.69, 9.17) is 9.15 Å². The molecular formula is C21H16F3NO3. The third-order valence-electron chi connectivity index (χ3n) is 3.95. The van der Waals surface area contributed by atoms with Gasteiger partial charge in [0.05, 0.1) is 5.56 Å². The highest BCUT2D eigenvalue weighted by Crippen LogP contribution is 2.37. The Bertz CT molecular complexity index is 992. The topological polar surface area (TPSA) is 52.3 Å². The monoisotopic (exact) mass is 387 g/mol. The highest BCUT2D eigenvalue weighted by atomic mass is 19.4. The minimum absolute atomic E-state index is 0.172. The van der Waals surface area contributed by atoms with Crippen LogP contribution in [0, 0.1) is 6.92 Å². The first-order valence-corrected chi connectivity index (χ1v) is 8.36. The number of allylic oxidation sites excluding steroid dienone is 1. The third-order valence-corrected chi connectivity index (χ3v) is 3.95. The maximum Gasteiger partial charge on any atom is 0.419 e. The zero-order valence-electron chi connectivity index (χ0n) is 14.9. The second kappa shape index (κ2) is 8.12. The third kappa shape index (κ3) is 4.49. The number of carbonyl (C=O) groups is 1. The Morgan fingerprint density at radius 3 is 2.57 bits per heavy atom. The van der Waals surface area contributed by atoms with E-state index in [9.17, 15) is 18.0 Å². The smallest absolute Gasteiger partial charge is 0.419 e. The fourth-order valence-corrected chi connectivity index (χ4v) is 2.56. The van der Waals surface area contributed by atoms with Gasteiger partial charge in [-0.15, -0.1) is 0 Å². The van der Waals surface area contributed by atoms with Gasteiger partial charge in [0.2, 0.25) is 5.89 Å². The first-order chi connectivity index (χ1) is 13.4. The number of oxazole rings is 1. The van der Waals surface area contributed by atoms with Crippen molar-refractivity contribution in [1.29, 1.82) is 0 Å². The SMILES string of the molecule is Cc1oc(-c2ccccc2)nc1COc1ccc(/C=C/C=O)cc1C(F)(F)F. The molecule has 3 aromatic rings. The molecule has 0 saturated heterocycles. The summed E-state index contributed by atoms with van der Waals surface area (Å²) in [4.78, 5) is 14.7. The molecule has 0 aliphatic heterocycles. The Morgan fingerprint density at radius 2 is 1.89 bits per heavy atom. The van der Waals surface area contributed by atoms with Crippen molar-refractivity contribution in [2.75, 3.05) is 0 Å². The van der Waals surface area contributed by atoms with E-state index in [0.29, 0.717) is 23.6 Å². The minimum Gasteiger partial charge on any atom is -0.487 e. The Labute approximate surface area is 159 Å². The molecule has 0 unspecified atom stereocenters. The quantitative estimate of drug-likeness (QED) is 0.416. The highest BCUT2D eigenvalue weighted by molar-refractivity contribution is 5.74. The van der Waals surface area contributed by atoms with E-state index in [-0.39, 0.29) is 17.9 Å². The van der Waals surface area contributed by atoms with E-state index >= 15 is 0 Å². The predicted molar refractivity (Wildman–Crippen MR) is 97.6 cm³/mol. The summed E-state index contributed by atoms with van der Waals surface area (Å²) in [7, 11) is 0. The summed E-state index contributed by atoms with van der Waals surface area (Å²) in [5.41, 5.74) is 0.497. The molecule has 0 radical (unpaired) electrons. The zero-order chi connectivity index (χ0) is 20.1. The number of aldehydes is 1. The van der Waals surface area contributed by atoms with Crippen LogP contribution in [0.15, 0.2) is 59.0 Å². The van der Waals surface area contributed by atoms with Crippen LogP contribution in [0.25, 0.3) is 17.5 Å². The number of halogens is 3. The van der Waals surface area contributed by atoms with Gasteiger partial charge in [-0.1, -0.05) is 30.3 Å². The van der Waals surface area contributed by atoms with Crippen LogP contribution in [-0.4, -0.2) is 11.3 Å². The lowest BCUT2D eigenvalue weighted by molar-refractivity contribution is -0.139. The molecule has 0 saturated carbocycles. The molecule has 1 aromatic heterocycles. The summed E-state index contributed by atoms with van der Waals surface area (Å²) in [6.07, 6.45) is -1.69. The van der Waals surface area contributed by atoms with Crippen LogP contribution in [0.5, 0.6) is 5.75 Å². The molecule has 0 aliphatic carbocycles. The van der Waals surface area contributed by atoms with E-state index in [1.165, 1.54) is 18.2 Å². The number of alkyl halides is 3. The van der Waals surface area contributed by atoms with Crippen LogP contribution in [0.1, 0.15) is 22.6 Å². The van der Waals surface area contributed by atoms with Gasteiger partial charge in [0.15, 0.2) is 0 Å². The number of carbonyl (C=O) groups excluding carboxylic acids is 1. The second-order valence-electron chi connectivity index (χ2n) is 5.93. The molecule has 0 atom stereocenters. The summed E-state index contributed by atoms with van der Waals surface area (Å²) in [6, 6.07) is 12.8. The van der Waals surface area contributed by atoms with E-state index in [1.54, 1.807) is 6.92 Å². The van der Waals surface area contributed by atoms with Gasteiger partial charge < -0.3 is 9.15 Å². The van der Waals surface area contributed by atoms with Crippen LogP contribution < -0.4 is 4.74 Å². The summed E-state index contributed by atoms with van der Waals surface area (Å²) in [5.74, 6) is 0.527. The summed E-state index contributed by atoms with van der Waals surface area (Å²) < 4.78 is 51.1. The van der Waals surface area contributed by atoms with E-state index in [2.05, 4.69) is 4.98 Å². The molecule has 0 amide bonds. The maximum atomic E-state index is 13.4. The van der Waals surface area contributed by atoms with Crippen molar-refractivity contribution in [2.45, 2.75) is 19.7 Å². The molecule has 0 bridgehead atoms. The highest BCUT2D eigenvalue weighted by Gasteiger charge is 2.34. The van der Waals surface area contributed by atoms with E-state index < -0.39 is 11.7 Å². The van der Waals surface area contributed by atoms with Gasteiger partial charge in [-0.3, -0.25) is 4.79 Å². The number of aromatic nitrogens is 1. The molecule has 0 spiro atoms. The van der Waals surface area contributed by atoms with Gasteiger partial charge in [-0.05, 0) is 42.8 Å². The molecule has 2 aromatic carbocycles. The normalized spacial score (nSPS) is 11.7. The number of benzene rings is 2. The molecule has 4 nitrogen and oxygen atoms in total. The largest absolute Gasteiger partial charge is 0.487 e. The molecule has 1 heterocycles. The number of aryl methyl sites for hydroxylation is 1. The minimum atomic E-state index is -4.60. The Balaban J connectivity index is 1.84. The number of rotatable bonds is 6. The van der Waals surface area contributed by atoms with Crippen molar-refractivity contribution in [3.63, 3.8) is 0 Å². The van der Waals surface area contributed by atoms with Crippen molar-refractivity contribution in [2.24, 2.45) is 0 Å². The summed E-state index contributed by atoms with van der Waals surface area (Å²) >= 11 is 0. The van der Waals surface area contributed by atoms with Crippen molar-refractivity contribution in [1.82, 2.24) is 4.98 Å². The first kappa shape index (κ1) is 19.4. The number of hydrogen-bond acceptors (Lipinski definition) is 4. The van der Waals surface area contributed by atoms with Crippen molar-refractivity contribution in [3.05, 3.63) is 77.2 Å². The number of hydrogen-bond donors (Lipinski definition) is 0. The lowest BCUT2D eigenvalue weighted by Gasteiger charge is -2.14. The molecule has 0 fully saturated rings. The van der Waals surface area contributed by atoms with Gasteiger partial charge in [0.25, 0.3) is 0 Å². The van der Waals surface area contributed by atoms with Crippen LogP contribution in [0.3, 0.4) is 0 Å². The van der Waals surface area contributed by atoms with E-state index in [1.807, 2.05) is 30.3 Å². The fourth-order valence-electron chi connectivity index (χ4n) is 2.56. The second-order valence-corrected chi connectivity index (χ2v) is 5.93. The maximum absolute atomic E-state index is 13.4. The van der Waals surface area contributed by atoms with Gasteiger partial charge in [0, 0.05) is 5.56 Å². The predicted octanol–water partition coefficient (Wildman–Crippen LogP) is 5.46. The average Bonchev–Trinajstić information content (AvgIpc) is 3.05.